The zero-order valence-corrected chi connectivity index (χ0v) is 23.2. The first-order valence-corrected chi connectivity index (χ1v) is 13.7. The van der Waals surface area contributed by atoms with Crippen molar-refractivity contribution in [3.05, 3.63) is 102 Å². The van der Waals surface area contributed by atoms with Gasteiger partial charge in [0.1, 0.15) is 30.5 Å². The highest BCUT2D eigenvalue weighted by atomic mass is 16.6. The average molecular weight is 567 g/mol. The number of methoxy groups -OCH3 is 2. The maximum absolute atomic E-state index is 14.1. The number of rotatable bonds is 8. The summed E-state index contributed by atoms with van der Waals surface area (Å²) in [6, 6.07) is 27.2. The molecule has 1 aliphatic carbocycles. The first-order valence-electron chi connectivity index (χ1n) is 13.7. The van der Waals surface area contributed by atoms with Crippen molar-refractivity contribution in [3.63, 3.8) is 0 Å². The molecule has 0 spiro atoms. The van der Waals surface area contributed by atoms with E-state index in [1.54, 1.807) is 42.5 Å². The molecule has 0 radical (unpaired) electrons. The Bertz CT molecular complexity index is 1570. The van der Waals surface area contributed by atoms with Gasteiger partial charge in [-0.3, -0.25) is 9.59 Å². The standard InChI is InChI=1S/C34H30O8/c1-38-25-14-5-3-11-23(25)28-30(33(35)36)29(24-12-4-6-15-26(24)39-2)31(28)34(37)42-21-10-7-9-20(19-21)22-13-8-16-27-32(22)41-18-17-40-27/h3-16,19,28-31H,17-18H2,1-2H3,(H,35,36). The molecule has 0 bridgehead atoms. The van der Waals surface area contributed by atoms with Gasteiger partial charge in [-0.25, -0.2) is 0 Å². The van der Waals surface area contributed by atoms with Crippen LogP contribution < -0.4 is 23.7 Å². The van der Waals surface area contributed by atoms with Gasteiger partial charge in [0.25, 0.3) is 0 Å². The first-order chi connectivity index (χ1) is 20.5. The number of ether oxygens (including phenoxy) is 5. The van der Waals surface area contributed by atoms with Crippen LogP contribution in [0.15, 0.2) is 91.0 Å². The Balaban J connectivity index is 1.38. The third-order valence-electron chi connectivity index (χ3n) is 8.03. The molecule has 2 atom stereocenters. The lowest BCUT2D eigenvalue weighted by atomic mass is 9.52. The lowest BCUT2D eigenvalue weighted by Gasteiger charge is -2.49. The van der Waals surface area contributed by atoms with Crippen molar-refractivity contribution in [2.45, 2.75) is 11.8 Å². The van der Waals surface area contributed by atoms with Crippen LogP contribution in [0.25, 0.3) is 11.1 Å². The fourth-order valence-corrected chi connectivity index (χ4v) is 6.22. The van der Waals surface area contributed by atoms with E-state index in [-0.39, 0.29) is 0 Å². The van der Waals surface area contributed by atoms with Gasteiger partial charge in [-0.05, 0) is 47.0 Å². The number of hydrogen-bond acceptors (Lipinski definition) is 7. The van der Waals surface area contributed by atoms with Gasteiger partial charge < -0.3 is 28.8 Å². The Morgan fingerprint density at radius 1 is 0.738 bits per heavy atom. The monoisotopic (exact) mass is 566 g/mol. The van der Waals surface area contributed by atoms with Crippen molar-refractivity contribution in [2.75, 3.05) is 27.4 Å². The van der Waals surface area contributed by atoms with Crippen molar-refractivity contribution in [1.29, 1.82) is 0 Å². The van der Waals surface area contributed by atoms with Gasteiger partial charge in [0.05, 0.1) is 26.1 Å². The summed E-state index contributed by atoms with van der Waals surface area (Å²) in [7, 11) is 3.06. The highest BCUT2D eigenvalue weighted by molar-refractivity contribution is 5.86. The van der Waals surface area contributed by atoms with Gasteiger partial charge in [-0.15, -0.1) is 0 Å². The normalized spacial score (nSPS) is 20.6. The predicted molar refractivity (Wildman–Crippen MR) is 155 cm³/mol. The molecule has 42 heavy (non-hydrogen) atoms. The quantitative estimate of drug-likeness (QED) is 0.206. The van der Waals surface area contributed by atoms with E-state index in [9.17, 15) is 14.7 Å². The number of carbonyl (C=O) groups is 2. The second-order valence-electron chi connectivity index (χ2n) is 10.2. The smallest absolute Gasteiger partial charge is 0.315 e. The van der Waals surface area contributed by atoms with Crippen LogP contribution in [0.1, 0.15) is 23.0 Å². The van der Waals surface area contributed by atoms with Gasteiger partial charge in [0, 0.05) is 17.4 Å². The van der Waals surface area contributed by atoms with E-state index in [2.05, 4.69) is 0 Å². The van der Waals surface area contributed by atoms with Gasteiger partial charge in [0.2, 0.25) is 0 Å². The second-order valence-corrected chi connectivity index (χ2v) is 10.2. The van der Waals surface area contributed by atoms with Crippen LogP contribution in [0.3, 0.4) is 0 Å². The number of carboxylic acid groups (broad SMARTS) is 1. The van der Waals surface area contributed by atoms with Crippen molar-refractivity contribution >= 4 is 11.9 Å². The molecule has 8 nitrogen and oxygen atoms in total. The number of esters is 1. The summed E-state index contributed by atoms with van der Waals surface area (Å²) < 4.78 is 28.8. The van der Waals surface area contributed by atoms with Crippen LogP contribution >= 0.6 is 0 Å². The highest BCUT2D eigenvalue weighted by Gasteiger charge is 2.60. The fourth-order valence-electron chi connectivity index (χ4n) is 6.22. The molecule has 0 amide bonds. The molecule has 6 rings (SSSR count). The molecule has 1 N–H and O–H groups in total. The van der Waals surface area contributed by atoms with E-state index >= 15 is 0 Å². The Kier molecular flexibility index (Phi) is 7.44. The molecule has 0 aromatic heterocycles. The van der Waals surface area contributed by atoms with Crippen molar-refractivity contribution < 1.29 is 38.4 Å². The summed E-state index contributed by atoms with van der Waals surface area (Å²) in [6.45, 7) is 0.924. The topological polar surface area (TPSA) is 101 Å². The van der Waals surface area contributed by atoms with Crippen molar-refractivity contribution in [1.82, 2.24) is 0 Å². The van der Waals surface area contributed by atoms with E-state index in [4.69, 9.17) is 23.7 Å². The molecule has 8 heteroatoms. The minimum absolute atomic E-state index is 0.336. The summed E-state index contributed by atoms with van der Waals surface area (Å²) in [5.41, 5.74) is 2.89. The molecule has 1 aliphatic heterocycles. The molecule has 4 aromatic carbocycles. The second kappa shape index (κ2) is 11.5. The van der Waals surface area contributed by atoms with Crippen LogP contribution in [0.2, 0.25) is 0 Å². The minimum atomic E-state index is -1.01. The Morgan fingerprint density at radius 3 is 2.00 bits per heavy atom. The Labute approximate surface area is 243 Å². The molecule has 0 saturated heterocycles. The number of fused-ring (bicyclic) bond motifs is 1. The van der Waals surface area contributed by atoms with Crippen molar-refractivity contribution in [3.8, 4) is 39.9 Å². The third kappa shape index (κ3) is 4.79. The molecule has 2 aliphatic rings. The number of aliphatic carboxylic acids is 1. The first kappa shape index (κ1) is 27.2. The molecular formula is C34H30O8. The summed E-state index contributed by atoms with van der Waals surface area (Å²) >= 11 is 0. The summed E-state index contributed by atoms with van der Waals surface area (Å²) in [4.78, 5) is 26.8. The van der Waals surface area contributed by atoms with Crippen LogP contribution in [0, 0.1) is 11.8 Å². The number of hydrogen-bond donors (Lipinski definition) is 1. The number of para-hydroxylation sites is 3. The number of carboxylic acids is 1. The molecular weight excluding hydrogens is 536 g/mol. The summed E-state index contributed by atoms with van der Waals surface area (Å²) in [5.74, 6) is -1.97. The van der Waals surface area contributed by atoms with Gasteiger partial charge in [-0.2, -0.15) is 0 Å². The van der Waals surface area contributed by atoms with Crippen LogP contribution in [0.4, 0.5) is 0 Å². The highest BCUT2D eigenvalue weighted by Crippen LogP contribution is 2.60. The number of carbonyl (C=O) groups excluding carboxylic acids is 1. The van der Waals surface area contributed by atoms with Crippen molar-refractivity contribution in [2.24, 2.45) is 11.8 Å². The molecule has 1 saturated carbocycles. The lowest BCUT2D eigenvalue weighted by Crippen LogP contribution is -2.52. The Hall–Kier alpha value is -4.98. The van der Waals surface area contributed by atoms with E-state index in [0.29, 0.717) is 53.1 Å². The molecule has 1 fully saturated rings. The van der Waals surface area contributed by atoms with E-state index in [1.807, 2.05) is 48.5 Å². The largest absolute Gasteiger partial charge is 0.496 e. The fraction of sp³-hybridized carbons (Fsp3) is 0.235. The van der Waals surface area contributed by atoms with Gasteiger partial charge in [-0.1, -0.05) is 60.7 Å². The maximum atomic E-state index is 14.1. The third-order valence-corrected chi connectivity index (χ3v) is 8.03. The lowest BCUT2D eigenvalue weighted by molar-refractivity contribution is -0.158. The average Bonchev–Trinajstić information content (AvgIpc) is 3.00. The Morgan fingerprint density at radius 2 is 1.36 bits per heavy atom. The van der Waals surface area contributed by atoms with Crippen LogP contribution in [-0.2, 0) is 9.59 Å². The molecule has 2 unspecified atom stereocenters. The van der Waals surface area contributed by atoms with Crippen LogP contribution in [-0.4, -0.2) is 44.5 Å². The van der Waals surface area contributed by atoms with E-state index < -0.39 is 35.6 Å². The molecule has 214 valence electrons. The SMILES string of the molecule is COc1ccccc1C1C(C(=O)O)C(c2ccccc2OC)C1C(=O)Oc1cccc(-c2cccc3c2OCCO3)c1. The molecule has 1 heterocycles. The summed E-state index contributed by atoms with van der Waals surface area (Å²) in [6.07, 6.45) is 0. The van der Waals surface area contributed by atoms with Gasteiger partial charge in [0.15, 0.2) is 11.5 Å². The predicted octanol–water partition coefficient (Wildman–Crippen LogP) is 5.95. The zero-order chi connectivity index (χ0) is 29.2. The van der Waals surface area contributed by atoms with Crippen LogP contribution in [0.5, 0.6) is 28.7 Å². The number of benzene rings is 4. The van der Waals surface area contributed by atoms with E-state index in [1.165, 1.54) is 14.2 Å². The van der Waals surface area contributed by atoms with E-state index in [0.717, 1.165) is 11.1 Å². The molecule has 4 aromatic rings. The maximum Gasteiger partial charge on any atom is 0.315 e. The summed E-state index contributed by atoms with van der Waals surface area (Å²) in [5, 5.41) is 10.4. The minimum Gasteiger partial charge on any atom is -0.496 e. The van der Waals surface area contributed by atoms with Gasteiger partial charge >= 0.3 is 11.9 Å². The zero-order valence-electron chi connectivity index (χ0n) is 23.2.